The number of rotatable bonds is 20. The van der Waals surface area contributed by atoms with E-state index in [0.29, 0.717) is 25.9 Å². The molecule has 0 saturated carbocycles. The fourth-order valence-corrected chi connectivity index (χ4v) is 3.69. The van der Waals surface area contributed by atoms with Crippen molar-refractivity contribution in [1.82, 2.24) is 0 Å². The van der Waals surface area contributed by atoms with E-state index in [9.17, 15) is 9.67 Å². The molecule has 3 N–H and O–H groups in total. The minimum atomic E-state index is -3.89. The molecule has 0 rings (SSSR count). The van der Waals surface area contributed by atoms with E-state index in [1.54, 1.807) is 0 Å². The average molecular weight is 395 g/mol. The van der Waals surface area contributed by atoms with Gasteiger partial charge in [-0.05, 0) is 25.7 Å². The van der Waals surface area contributed by atoms with Crippen molar-refractivity contribution in [2.24, 2.45) is 0 Å². The zero-order valence-electron chi connectivity index (χ0n) is 16.9. The Labute approximate surface area is 161 Å². The summed E-state index contributed by atoms with van der Waals surface area (Å²) in [6.45, 7) is 2.62. The Hall–Kier alpha value is 0.0700. The molecule has 0 bridgehead atoms. The van der Waals surface area contributed by atoms with Gasteiger partial charge in [-0.1, -0.05) is 84.0 Å². The maximum atomic E-state index is 10.7. The van der Waals surface area contributed by atoms with Gasteiger partial charge >= 0.3 is 7.60 Å². The van der Waals surface area contributed by atoms with Gasteiger partial charge in [0.15, 0.2) is 6.29 Å². The lowest BCUT2D eigenvalue weighted by Crippen LogP contribution is -2.12. The predicted molar refractivity (Wildman–Crippen MR) is 108 cm³/mol. The molecule has 0 aromatic heterocycles. The Morgan fingerprint density at radius 1 is 0.731 bits per heavy atom. The molecule has 158 valence electrons. The second kappa shape index (κ2) is 18.4. The first-order chi connectivity index (χ1) is 12.5. The van der Waals surface area contributed by atoms with Crippen molar-refractivity contribution in [2.45, 2.75) is 116 Å². The SMILES string of the molecule is CCCCCCCCCCCCCCCC(O)OCCCCP(=O)(O)O. The number of unbranched alkanes of at least 4 members (excludes halogenated alkanes) is 13. The molecule has 0 aliphatic carbocycles. The molecule has 0 saturated heterocycles. The summed E-state index contributed by atoms with van der Waals surface area (Å²) in [5, 5.41) is 9.71. The largest absolute Gasteiger partial charge is 0.368 e. The van der Waals surface area contributed by atoms with Crippen molar-refractivity contribution in [1.29, 1.82) is 0 Å². The van der Waals surface area contributed by atoms with Crippen LogP contribution in [0, 0.1) is 0 Å². The van der Waals surface area contributed by atoms with Gasteiger partial charge in [0.2, 0.25) is 0 Å². The summed E-state index contributed by atoms with van der Waals surface area (Å²) in [7, 11) is -3.89. The Morgan fingerprint density at radius 2 is 1.19 bits per heavy atom. The zero-order chi connectivity index (χ0) is 19.5. The fourth-order valence-electron chi connectivity index (χ4n) is 3.06. The number of aliphatic hydroxyl groups is 1. The minimum Gasteiger partial charge on any atom is -0.368 e. The number of hydrogen-bond acceptors (Lipinski definition) is 3. The molecule has 5 nitrogen and oxygen atoms in total. The highest BCUT2D eigenvalue weighted by Crippen LogP contribution is 2.35. The smallest absolute Gasteiger partial charge is 0.325 e. The lowest BCUT2D eigenvalue weighted by atomic mass is 10.0. The van der Waals surface area contributed by atoms with Crippen molar-refractivity contribution >= 4 is 7.60 Å². The Bertz CT molecular complexity index is 332. The van der Waals surface area contributed by atoms with Gasteiger partial charge < -0.3 is 19.6 Å². The van der Waals surface area contributed by atoms with Crippen molar-refractivity contribution < 1.29 is 24.2 Å². The van der Waals surface area contributed by atoms with Gasteiger partial charge in [-0.2, -0.15) is 0 Å². The van der Waals surface area contributed by atoms with Crippen LogP contribution in [0.2, 0.25) is 0 Å². The highest BCUT2D eigenvalue weighted by Gasteiger charge is 2.11. The van der Waals surface area contributed by atoms with Crippen molar-refractivity contribution in [2.75, 3.05) is 12.8 Å². The quantitative estimate of drug-likeness (QED) is 0.139. The highest BCUT2D eigenvalue weighted by atomic mass is 31.2. The maximum Gasteiger partial charge on any atom is 0.325 e. The van der Waals surface area contributed by atoms with E-state index in [0.717, 1.165) is 12.8 Å². The molecule has 0 fully saturated rings. The van der Waals surface area contributed by atoms with E-state index >= 15 is 0 Å². The van der Waals surface area contributed by atoms with Crippen LogP contribution in [-0.4, -0.2) is 34.0 Å². The van der Waals surface area contributed by atoms with Gasteiger partial charge in [-0.3, -0.25) is 4.57 Å². The summed E-state index contributed by atoms with van der Waals surface area (Å²) in [6, 6.07) is 0. The van der Waals surface area contributed by atoms with E-state index in [1.807, 2.05) is 0 Å². The summed E-state index contributed by atoms with van der Waals surface area (Å²) in [4.78, 5) is 17.5. The Kier molecular flexibility index (Phi) is 18.5. The van der Waals surface area contributed by atoms with Crippen LogP contribution in [0.4, 0.5) is 0 Å². The van der Waals surface area contributed by atoms with Crippen LogP contribution in [0.25, 0.3) is 0 Å². The molecule has 0 amide bonds. The average Bonchev–Trinajstić information content (AvgIpc) is 2.57. The van der Waals surface area contributed by atoms with Gasteiger partial charge in [0.25, 0.3) is 0 Å². The molecule has 0 radical (unpaired) electrons. The molecular weight excluding hydrogens is 351 g/mol. The summed E-state index contributed by atoms with van der Waals surface area (Å²) in [5.74, 6) is 0. The molecule has 6 heteroatoms. The highest BCUT2D eigenvalue weighted by molar-refractivity contribution is 7.51. The minimum absolute atomic E-state index is 0.106. The molecule has 0 spiro atoms. The van der Waals surface area contributed by atoms with Crippen LogP contribution < -0.4 is 0 Å². The normalized spacial score (nSPS) is 13.2. The van der Waals surface area contributed by atoms with E-state index in [1.165, 1.54) is 70.6 Å². The molecule has 1 atom stereocenters. The third-order valence-corrected chi connectivity index (χ3v) is 5.61. The number of aliphatic hydroxyl groups excluding tert-OH is 1. The summed E-state index contributed by atoms with van der Waals surface area (Å²) in [6.07, 6.45) is 17.8. The molecule has 0 aliphatic heterocycles. The first kappa shape index (κ1) is 26.1. The van der Waals surface area contributed by atoms with Gasteiger partial charge in [0, 0.05) is 12.8 Å². The van der Waals surface area contributed by atoms with Crippen LogP contribution in [0.15, 0.2) is 0 Å². The van der Waals surface area contributed by atoms with Gasteiger partial charge in [0.1, 0.15) is 0 Å². The second-order valence-corrected chi connectivity index (χ2v) is 9.23. The second-order valence-electron chi connectivity index (χ2n) is 7.45. The van der Waals surface area contributed by atoms with Crippen LogP contribution in [0.3, 0.4) is 0 Å². The standard InChI is InChI=1S/C20H43O5P/c1-2-3-4-5-6-7-8-9-10-11-12-13-14-17-20(21)25-18-15-16-19-26(22,23)24/h20-21H,2-19H2,1H3,(H2,22,23,24). The maximum absolute atomic E-state index is 10.7. The van der Waals surface area contributed by atoms with Gasteiger partial charge in [-0.25, -0.2) is 0 Å². The van der Waals surface area contributed by atoms with E-state index in [-0.39, 0.29) is 6.16 Å². The first-order valence-electron chi connectivity index (χ1n) is 10.8. The molecule has 0 heterocycles. The van der Waals surface area contributed by atoms with E-state index < -0.39 is 13.9 Å². The summed E-state index contributed by atoms with van der Waals surface area (Å²) < 4.78 is 15.9. The van der Waals surface area contributed by atoms with Crippen LogP contribution in [0.1, 0.15) is 110 Å². The topological polar surface area (TPSA) is 87.0 Å². The lowest BCUT2D eigenvalue weighted by molar-refractivity contribution is -0.104. The van der Waals surface area contributed by atoms with Crippen LogP contribution in [-0.2, 0) is 9.30 Å². The predicted octanol–water partition coefficient (Wildman–Crippen LogP) is 5.76. The van der Waals surface area contributed by atoms with Crippen LogP contribution >= 0.6 is 7.60 Å². The number of ether oxygens (including phenoxy) is 1. The Morgan fingerprint density at radius 3 is 1.65 bits per heavy atom. The zero-order valence-corrected chi connectivity index (χ0v) is 17.8. The molecular formula is C20H43O5P. The molecule has 1 unspecified atom stereocenters. The third-order valence-electron chi connectivity index (χ3n) is 4.71. The summed E-state index contributed by atoms with van der Waals surface area (Å²) >= 11 is 0. The van der Waals surface area contributed by atoms with E-state index in [4.69, 9.17) is 14.5 Å². The molecule has 26 heavy (non-hydrogen) atoms. The van der Waals surface area contributed by atoms with Crippen LogP contribution in [0.5, 0.6) is 0 Å². The first-order valence-corrected chi connectivity index (χ1v) is 12.6. The summed E-state index contributed by atoms with van der Waals surface area (Å²) in [5.41, 5.74) is 0. The molecule has 0 aromatic carbocycles. The Balaban J connectivity index is 3.18. The van der Waals surface area contributed by atoms with Crippen molar-refractivity contribution in [3.05, 3.63) is 0 Å². The van der Waals surface area contributed by atoms with Crippen molar-refractivity contribution in [3.63, 3.8) is 0 Å². The third kappa shape index (κ3) is 22.1. The van der Waals surface area contributed by atoms with Crippen molar-refractivity contribution in [3.8, 4) is 0 Å². The number of hydrogen-bond donors (Lipinski definition) is 3. The molecule has 0 aliphatic rings. The van der Waals surface area contributed by atoms with Gasteiger partial charge in [-0.15, -0.1) is 0 Å². The fraction of sp³-hybridized carbons (Fsp3) is 1.00. The monoisotopic (exact) mass is 394 g/mol. The van der Waals surface area contributed by atoms with E-state index in [2.05, 4.69) is 6.92 Å². The lowest BCUT2D eigenvalue weighted by Gasteiger charge is -2.12. The van der Waals surface area contributed by atoms with Gasteiger partial charge in [0.05, 0.1) is 0 Å². The molecule has 0 aromatic rings.